The lowest BCUT2D eigenvalue weighted by Gasteiger charge is -2.17. The summed E-state index contributed by atoms with van der Waals surface area (Å²) in [5.41, 5.74) is 0.544. The second-order valence-corrected chi connectivity index (χ2v) is 5.70. The molecule has 2 aromatic rings. The monoisotopic (exact) mass is 347 g/mol. The molecule has 1 atom stereocenters. The first-order valence-corrected chi connectivity index (χ1v) is 8.38. The van der Waals surface area contributed by atoms with Crippen molar-refractivity contribution < 1.29 is 24.1 Å². The number of carbonyl (C=O) groups is 1. The topological polar surface area (TPSA) is 77.0 Å². The summed E-state index contributed by atoms with van der Waals surface area (Å²) in [5, 5.41) is 14.5. The molecule has 0 bridgehead atoms. The zero-order valence-electron chi connectivity index (χ0n) is 14.7. The van der Waals surface area contributed by atoms with Crippen molar-refractivity contribution in [2.24, 2.45) is 0 Å². The number of hydrogen-bond acceptors (Lipinski definition) is 5. The Bertz CT molecular complexity index is 689. The van der Waals surface area contributed by atoms with Crippen molar-refractivity contribution in [3.05, 3.63) is 42.0 Å². The predicted octanol–water partition coefficient (Wildman–Crippen LogP) is 3.56. The van der Waals surface area contributed by atoms with Crippen LogP contribution >= 0.6 is 0 Å². The van der Waals surface area contributed by atoms with Gasteiger partial charge in [-0.2, -0.15) is 0 Å². The number of phenolic OH excluding ortho intramolecular Hbond substituents is 1. The lowest BCUT2D eigenvalue weighted by Crippen LogP contribution is -2.39. The number of nitrogens with one attached hydrogen (secondary N) is 1. The van der Waals surface area contributed by atoms with E-state index in [1.807, 2.05) is 24.3 Å². The van der Waals surface area contributed by atoms with Gasteiger partial charge in [-0.1, -0.05) is 37.6 Å². The molecule has 1 amide bonds. The molecule has 0 radical (unpaired) electrons. The zero-order valence-corrected chi connectivity index (χ0v) is 14.7. The molecule has 0 aliphatic rings. The van der Waals surface area contributed by atoms with Gasteiger partial charge in [-0.05, 0) is 29.3 Å². The Morgan fingerprint density at radius 1 is 1.24 bits per heavy atom. The maximum absolute atomic E-state index is 11.9. The minimum absolute atomic E-state index is 0.0321. The summed E-state index contributed by atoms with van der Waals surface area (Å²) in [6.07, 6.45) is 0.804. The van der Waals surface area contributed by atoms with Gasteiger partial charge in [0.1, 0.15) is 12.4 Å². The Hall–Kier alpha value is -2.31. The summed E-state index contributed by atoms with van der Waals surface area (Å²) in [4.78, 5) is 11.9. The second kappa shape index (κ2) is 9.86. The number of methoxy groups -OCH3 is 1. The molecule has 2 aromatic carbocycles. The summed E-state index contributed by atoms with van der Waals surface area (Å²) in [5.74, 6) is 0.0951. The second-order valence-electron chi connectivity index (χ2n) is 5.70. The van der Waals surface area contributed by atoms with Gasteiger partial charge in [0.25, 0.3) is 0 Å². The van der Waals surface area contributed by atoms with E-state index in [9.17, 15) is 9.90 Å². The Morgan fingerprint density at radius 3 is 2.64 bits per heavy atom. The molecule has 0 saturated carbocycles. The van der Waals surface area contributed by atoms with Crippen molar-refractivity contribution >= 4 is 16.9 Å². The summed E-state index contributed by atoms with van der Waals surface area (Å²) < 4.78 is 15.7. The van der Waals surface area contributed by atoms with E-state index in [2.05, 4.69) is 12.2 Å². The van der Waals surface area contributed by atoms with Crippen LogP contribution in [0.2, 0.25) is 0 Å². The number of hydrogen-bond donors (Lipinski definition) is 2. The van der Waals surface area contributed by atoms with Crippen LogP contribution in [0.4, 0.5) is 4.79 Å². The highest BCUT2D eigenvalue weighted by Gasteiger charge is 2.13. The van der Waals surface area contributed by atoms with E-state index < -0.39 is 12.3 Å². The molecular formula is C19H25NO5. The number of alkyl carbamates (subject to hydrolysis) is 1. The number of benzene rings is 2. The first-order valence-electron chi connectivity index (χ1n) is 8.38. The van der Waals surface area contributed by atoms with Crippen molar-refractivity contribution in [1.29, 1.82) is 0 Å². The van der Waals surface area contributed by atoms with Gasteiger partial charge in [-0.3, -0.25) is 5.32 Å². The zero-order chi connectivity index (χ0) is 18.1. The lowest BCUT2D eigenvalue weighted by atomic mass is 10.1. The molecule has 0 aliphatic heterocycles. The van der Waals surface area contributed by atoms with Gasteiger partial charge in [-0.25, -0.2) is 4.79 Å². The van der Waals surface area contributed by atoms with Crippen molar-refractivity contribution in [3.8, 4) is 5.75 Å². The number of amides is 1. The molecule has 0 spiro atoms. The summed E-state index contributed by atoms with van der Waals surface area (Å²) in [6.45, 7) is 2.93. The average molecular weight is 347 g/mol. The third-order valence-electron chi connectivity index (χ3n) is 3.78. The number of unbranched alkanes of at least 4 members (excludes halogenated alkanes) is 1. The molecule has 136 valence electrons. The standard InChI is InChI=1S/C19H25NO5/c1-3-4-9-24-13-18(23-2)20-19(22)25-12-16-10-14-7-5-6-8-15(14)11-17(16)21/h5-8,10-11,18,21H,3-4,9,12-13H2,1-2H3,(H,20,22). The largest absolute Gasteiger partial charge is 0.508 e. The number of rotatable bonds is 9. The van der Waals surface area contributed by atoms with E-state index >= 15 is 0 Å². The van der Waals surface area contributed by atoms with E-state index in [4.69, 9.17) is 14.2 Å². The summed E-state index contributed by atoms with van der Waals surface area (Å²) in [6, 6.07) is 11.1. The summed E-state index contributed by atoms with van der Waals surface area (Å²) in [7, 11) is 1.49. The molecule has 6 nitrogen and oxygen atoms in total. The third-order valence-corrected chi connectivity index (χ3v) is 3.78. The maximum atomic E-state index is 11.9. The number of aromatic hydroxyl groups is 1. The number of ether oxygens (including phenoxy) is 3. The Labute approximate surface area is 147 Å². The van der Waals surface area contributed by atoms with Crippen LogP contribution in [-0.2, 0) is 20.8 Å². The van der Waals surface area contributed by atoms with Crippen LogP contribution in [0.15, 0.2) is 36.4 Å². The molecule has 0 aliphatic carbocycles. The molecule has 6 heteroatoms. The fourth-order valence-electron chi connectivity index (χ4n) is 2.31. The highest BCUT2D eigenvalue weighted by molar-refractivity contribution is 5.84. The van der Waals surface area contributed by atoms with Gasteiger partial charge < -0.3 is 19.3 Å². The quantitative estimate of drug-likeness (QED) is 0.536. The van der Waals surface area contributed by atoms with Crippen LogP contribution in [0, 0.1) is 0 Å². The van der Waals surface area contributed by atoms with E-state index in [0.29, 0.717) is 12.2 Å². The van der Waals surface area contributed by atoms with E-state index in [0.717, 1.165) is 23.6 Å². The van der Waals surface area contributed by atoms with Crippen LogP contribution in [-0.4, -0.2) is 37.8 Å². The van der Waals surface area contributed by atoms with Crippen molar-refractivity contribution in [3.63, 3.8) is 0 Å². The van der Waals surface area contributed by atoms with Gasteiger partial charge >= 0.3 is 6.09 Å². The van der Waals surface area contributed by atoms with Crippen molar-refractivity contribution in [2.75, 3.05) is 20.3 Å². The summed E-state index contributed by atoms with van der Waals surface area (Å²) >= 11 is 0. The molecular weight excluding hydrogens is 322 g/mol. The Kier molecular flexibility index (Phi) is 7.50. The van der Waals surface area contributed by atoms with Gasteiger partial charge in [0, 0.05) is 19.3 Å². The highest BCUT2D eigenvalue weighted by atomic mass is 16.6. The first kappa shape index (κ1) is 19.0. The van der Waals surface area contributed by atoms with Gasteiger partial charge in [0.2, 0.25) is 0 Å². The minimum atomic E-state index is -0.626. The van der Waals surface area contributed by atoms with Gasteiger partial charge in [-0.15, -0.1) is 0 Å². The van der Waals surface area contributed by atoms with Crippen LogP contribution in [0.3, 0.4) is 0 Å². The molecule has 0 fully saturated rings. The van der Waals surface area contributed by atoms with Crippen LogP contribution in [0.1, 0.15) is 25.3 Å². The third kappa shape index (κ3) is 5.92. The Balaban J connectivity index is 1.85. The fraction of sp³-hybridized carbons (Fsp3) is 0.421. The number of carbonyl (C=O) groups excluding carboxylic acids is 1. The van der Waals surface area contributed by atoms with Crippen LogP contribution in [0.5, 0.6) is 5.75 Å². The molecule has 1 unspecified atom stereocenters. The molecule has 0 aromatic heterocycles. The van der Waals surface area contributed by atoms with E-state index in [1.165, 1.54) is 7.11 Å². The fourth-order valence-corrected chi connectivity index (χ4v) is 2.31. The van der Waals surface area contributed by atoms with Crippen molar-refractivity contribution in [1.82, 2.24) is 5.32 Å². The lowest BCUT2D eigenvalue weighted by molar-refractivity contribution is -0.0109. The first-order chi connectivity index (χ1) is 12.1. The van der Waals surface area contributed by atoms with Gasteiger partial charge in [0.15, 0.2) is 6.23 Å². The predicted molar refractivity (Wildman–Crippen MR) is 95.5 cm³/mol. The number of phenols is 1. The average Bonchev–Trinajstić information content (AvgIpc) is 2.62. The molecule has 0 saturated heterocycles. The van der Waals surface area contributed by atoms with E-state index in [1.54, 1.807) is 12.1 Å². The van der Waals surface area contributed by atoms with Crippen molar-refractivity contribution in [2.45, 2.75) is 32.6 Å². The minimum Gasteiger partial charge on any atom is -0.508 e. The van der Waals surface area contributed by atoms with E-state index in [-0.39, 0.29) is 19.0 Å². The van der Waals surface area contributed by atoms with Crippen LogP contribution in [0.25, 0.3) is 10.8 Å². The van der Waals surface area contributed by atoms with Crippen LogP contribution < -0.4 is 5.32 Å². The normalized spacial score (nSPS) is 12.1. The molecule has 25 heavy (non-hydrogen) atoms. The SMILES string of the molecule is CCCCOCC(NC(=O)OCc1cc2ccccc2cc1O)OC. The van der Waals surface area contributed by atoms with Gasteiger partial charge in [0.05, 0.1) is 6.61 Å². The highest BCUT2D eigenvalue weighted by Crippen LogP contribution is 2.25. The Morgan fingerprint density at radius 2 is 1.96 bits per heavy atom. The molecule has 2 rings (SSSR count). The maximum Gasteiger partial charge on any atom is 0.409 e. The molecule has 0 heterocycles. The number of fused-ring (bicyclic) bond motifs is 1. The molecule has 2 N–H and O–H groups in total. The smallest absolute Gasteiger partial charge is 0.409 e.